The van der Waals surface area contributed by atoms with Gasteiger partial charge in [0.05, 0.1) is 4.90 Å². The molecule has 21 heavy (non-hydrogen) atoms. The van der Waals surface area contributed by atoms with Gasteiger partial charge in [0.1, 0.15) is 0 Å². The molecule has 1 aromatic rings. The molecule has 1 N–H and O–H groups in total. The van der Waals surface area contributed by atoms with Crippen LogP contribution in [0.25, 0.3) is 0 Å². The van der Waals surface area contributed by atoms with Crippen LogP contribution in [0.5, 0.6) is 0 Å². The lowest BCUT2D eigenvalue weighted by Crippen LogP contribution is -2.30. The fourth-order valence-electron chi connectivity index (χ4n) is 4.60. The molecule has 0 amide bonds. The van der Waals surface area contributed by atoms with Crippen LogP contribution in [0, 0.1) is 23.7 Å². The summed E-state index contributed by atoms with van der Waals surface area (Å²) in [6.07, 6.45) is 3.86. The molecule has 0 aromatic heterocycles. The summed E-state index contributed by atoms with van der Waals surface area (Å²) in [6.45, 7) is 1.48. The molecule has 0 heterocycles. The molecule has 5 heteroatoms. The number of hydrogen-bond acceptors (Lipinski definition) is 3. The quantitative estimate of drug-likeness (QED) is 0.868. The lowest BCUT2D eigenvalue weighted by Gasteiger charge is -2.11. The van der Waals surface area contributed by atoms with Gasteiger partial charge >= 0.3 is 0 Å². The average molecular weight is 305 g/mol. The maximum absolute atomic E-state index is 12.4. The molecular weight excluding hydrogens is 286 g/mol. The van der Waals surface area contributed by atoms with Crippen LogP contribution < -0.4 is 4.72 Å². The van der Waals surface area contributed by atoms with Crippen LogP contribution in [0.3, 0.4) is 0 Å². The third-order valence-corrected chi connectivity index (χ3v) is 7.07. The van der Waals surface area contributed by atoms with Gasteiger partial charge in [0.25, 0.3) is 0 Å². The van der Waals surface area contributed by atoms with Crippen molar-refractivity contribution in [3.05, 3.63) is 29.8 Å². The molecule has 1 aromatic carbocycles. The second-order valence-corrected chi connectivity index (χ2v) is 8.43. The Bertz CT molecular complexity index is 679. The van der Waals surface area contributed by atoms with Crippen molar-refractivity contribution in [1.82, 2.24) is 4.72 Å². The normalized spacial score (nSPS) is 36.5. The second-order valence-electron chi connectivity index (χ2n) is 6.72. The fourth-order valence-corrected chi connectivity index (χ4v) is 5.90. The minimum absolute atomic E-state index is 0.0554. The van der Waals surface area contributed by atoms with Crippen molar-refractivity contribution in [2.75, 3.05) is 0 Å². The molecule has 0 radical (unpaired) electrons. The maximum Gasteiger partial charge on any atom is 0.240 e. The molecule has 0 spiro atoms. The van der Waals surface area contributed by atoms with Gasteiger partial charge in [-0.05, 0) is 62.0 Å². The summed E-state index contributed by atoms with van der Waals surface area (Å²) in [7, 11) is -3.46. The Labute approximate surface area is 125 Å². The number of hydrogen-bond donors (Lipinski definition) is 1. The molecule has 3 aliphatic rings. The first kappa shape index (κ1) is 13.5. The minimum Gasteiger partial charge on any atom is -0.295 e. The Balaban J connectivity index is 1.51. The van der Waals surface area contributed by atoms with E-state index in [0.29, 0.717) is 17.4 Å². The van der Waals surface area contributed by atoms with Crippen LogP contribution in [-0.2, 0) is 10.0 Å². The molecule has 3 fully saturated rings. The third kappa shape index (κ3) is 2.06. The minimum atomic E-state index is -3.46. The van der Waals surface area contributed by atoms with E-state index < -0.39 is 10.0 Å². The molecule has 3 aliphatic carbocycles. The summed E-state index contributed by atoms with van der Waals surface area (Å²) >= 11 is 0. The highest BCUT2D eigenvalue weighted by molar-refractivity contribution is 7.89. The molecular formula is C16H19NO3S. The van der Waals surface area contributed by atoms with Gasteiger partial charge in [-0.1, -0.05) is 12.1 Å². The topological polar surface area (TPSA) is 63.2 Å². The smallest absolute Gasteiger partial charge is 0.240 e. The number of carbonyl (C=O) groups is 1. The van der Waals surface area contributed by atoms with Crippen molar-refractivity contribution in [3.63, 3.8) is 0 Å². The third-order valence-electron chi connectivity index (χ3n) is 5.60. The van der Waals surface area contributed by atoms with Crippen molar-refractivity contribution in [3.8, 4) is 0 Å². The van der Waals surface area contributed by atoms with Gasteiger partial charge in [-0.25, -0.2) is 13.1 Å². The van der Waals surface area contributed by atoms with E-state index in [4.69, 9.17) is 0 Å². The molecule has 4 rings (SSSR count). The van der Waals surface area contributed by atoms with Gasteiger partial charge < -0.3 is 0 Å². The summed E-state index contributed by atoms with van der Waals surface area (Å²) in [5.41, 5.74) is 0.537. The zero-order chi connectivity index (χ0) is 14.8. The van der Waals surface area contributed by atoms with Crippen molar-refractivity contribution >= 4 is 15.8 Å². The lowest BCUT2D eigenvalue weighted by atomic mass is 10.0. The molecule has 3 saturated carbocycles. The van der Waals surface area contributed by atoms with E-state index in [2.05, 4.69) is 4.72 Å². The first-order valence-corrected chi connectivity index (χ1v) is 9.09. The number of Topliss-reactive ketones (excluding diaryl/α,β-unsaturated/α-hetero) is 1. The number of nitrogens with one attached hydrogen (secondary N) is 1. The van der Waals surface area contributed by atoms with Crippen molar-refractivity contribution in [2.45, 2.75) is 37.1 Å². The largest absolute Gasteiger partial charge is 0.295 e. The van der Waals surface area contributed by atoms with Crippen molar-refractivity contribution in [1.29, 1.82) is 0 Å². The summed E-state index contributed by atoms with van der Waals surface area (Å²) < 4.78 is 27.8. The second kappa shape index (κ2) is 4.40. The number of fused-ring (bicyclic) bond motifs is 5. The molecule has 0 saturated heterocycles. The first-order chi connectivity index (χ1) is 9.97. The fraction of sp³-hybridized carbons (Fsp3) is 0.562. The Hall–Kier alpha value is -1.20. The van der Waals surface area contributed by atoms with Gasteiger partial charge in [-0.15, -0.1) is 0 Å². The van der Waals surface area contributed by atoms with Crippen LogP contribution >= 0.6 is 0 Å². The van der Waals surface area contributed by atoms with Crippen LogP contribution in [0.1, 0.15) is 36.5 Å². The van der Waals surface area contributed by atoms with Crippen LogP contribution in [0.4, 0.5) is 0 Å². The molecule has 2 bridgehead atoms. The summed E-state index contributed by atoms with van der Waals surface area (Å²) in [6, 6.07) is 6.34. The van der Waals surface area contributed by atoms with Gasteiger partial charge in [0.2, 0.25) is 10.0 Å². The van der Waals surface area contributed by atoms with Gasteiger partial charge in [0, 0.05) is 11.6 Å². The predicted octanol–water partition coefficient (Wildman–Crippen LogP) is 2.21. The summed E-state index contributed by atoms with van der Waals surface area (Å²) in [4.78, 5) is 11.5. The zero-order valence-electron chi connectivity index (χ0n) is 12.0. The van der Waals surface area contributed by atoms with Crippen LogP contribution in [-0.4, -0.2) is 20.2 Å². The van der Waals surface area contributed by atoms with Gasteiger partial charge in [-0.2, -0.15) is 0 Å². The summed E-state index contributed by atoms with van der Waals surface area (Å²) in [5, 5.41) is 0. The number of rotatable bonds is 4. The Morgan fingerprint density at radius 3 is 2.19 bits per heavy atom. The van der Waals surface area contributed by atoms with Gasteiger partial charge in [-0.3, -0.25) is 4.79 Å². The van der Waals surface area contributed by atoms with Crippen LogP contribution in [0.2, 0.25) is 0 Å². The molecule has 4 unspecified atom stereocenters. The van der Waals surface area contributed by atoms with E-state index in [-0.39, 0.29) is 16.7 Å². The van der Waals surface area contributed by atoms with E-state index in [0.717, 1.165) is 11.8 Å². The first-order valence-electron chi connectivity index (χ1n) is 7.61. The van der Waals surface area contributed by atoms with E-state index in [1.807, 2.05) is 0 Å². The number of carbonyl (C=O) groups excluding carboxylic acids is 1. The number of sulfonamides is 1. The molecule has 0 aliphatic heterocycles. The number of ketones is 1. The SMILES string of the molecule is CC(=O)c1ccc(S(=O)(=O)NC2C3C4CCC(C4)C23)cc1. The highest BCUT2D eigenvalue weighted by Gasteiger charge is 2.65. The molecule has 4 nitrogen and oxygen atoms in total. The Morgan fingerprint density at radius 2 is 1.67 bits per heavy atom. The number of benzene rings is 1. The zero-order valence-corrected chi connectivity index (χ0v) is 12.8. The van der Waals surface area contributed by atoms with Crippen LogP contribution in [0.15, 0.2) is 29.2 Å². The average Bonchev–Trinajstić information content (AvgIpc) is 2.85. The Morgan fingerprint density at radius 1 is 1.10 bits per heavy atom. The molecule has 4 atom stereocenters. The maximum atomic E-state index is 12.4. The highest BCUT2D eigenvalue weighted by atomic mass is 32.2. The summed E-state index contributed by atoms with van der Waals surface area (Å²) in [5.74, 6) is 2.59. The monoisotopic (exact) mass is 305 g/mol. The molecule has 112 valence electrons. The van der Waals surface area contributed by atoms with Crippen molar-refractivity contribution < 1.29 is 13.2 Å². The van der Waals surface area contributed by atoms with E-state index in [1.54, 1.807) is 12.1 Å². The van der Waals surface area contributed by atoms with E-state index in [1.165, 1.54) is 38.3 Å². The Kier molecular flexibility index (Phi) is 2.82. The van der Waals surface area contributed by atoms with E-state index in [9.17, 15) is 13.2 Å². The highest BCUT2D eigenvalue weighted by Crippen LogP contribution is 2.65. The van der Waals surface area contributed by atoms with E-state index >= 15 is 0 Å². The predicted molar refractivity (Wildman–Crippen MR) is 78.4 cm³/mol. The lowest BCUT2D eigenvalue weighted by molar-refractivity contribution is 0.101. The van der Waals surface area contributed by atoms with Crippen molar-refractivity contribution in [2.24, 2.45) is 23.7 Å². The van der Waals surface area contributed by atoms with Gasteiger partial charge in [0.15, 0.2) is 5.78 Å². The standard InChI is InChI=1S/C16H19NO3S/c1-9(18)10-4-6-13(7-5-10)21(19,20)17-16-14-11-2-3-12(8-11)15(14)16/h4-7,11-12,14-17H,2-3,8H2,1H3.